The van der Waals surface area contributed by atoms with Gasteiger partial charge in [0.2, 0.25) is 0 Å². The molecule has 6 heteroatoms. The predicted molar refractivity (Wildman–Crippen MR) is 101 cm³/mol. The second-order valence-corrected chi connectivity index (χ2v) is 8.11. The number of carbonyl (C=O) groups is 1. The molecule has 25 heavy (non-hydrogen) atoms. The molecule has 138 valence electrons. The highest BCUT2D eigenvalue weighted by Crippen LogP contribution is 2.39. The molecule has 2 rings (SSSR count). The highest BCUT2D eigenvalue weighted by atomic mass is 35.5. The van der Waals surface area contributed by atoms with E-state index in [4.69, 9.17) is 32.7 Å². The van der Waals surface area contributed by atoms with Gasteiger partial charge in [-0.3, -0.25) is 0 Å². The molecule has 0 aromatic heterocycles. The van der Waals surface area contributed by atoms with Crippen molar-refractivity contribution in [2.45, 2.75) is 44.6 Å². The number of nitrogens with zero attached hydrogens (tertiary/aromatic N) is 1. The summed E-state index contributed by atoms with van der Waals surface area (Å²) < 4.78 is 10.6. The van der Waals surface area contributed by atoms with E-state index in [9.17, 15) is 4.79 Å². The van der Waals surface area contributed by atoms with Crippen molar-refractivity contribution in [3.63, 3.8) is 0 Å². The molecule has 0 spiro atoms. The molecule has 1 saturated heterocycles. The number of benzene rings is 1. The number of halogens is 2. The number of likely N-dealkylation sites (tertiary alicyclic amines) is 1. The lowest BCUT2D eigenvalue weighted by Gasteiger charge is -2.40. The Morgan fingerprint density at radius 2 is 1.84 bits per heavy atom. The van der Waals surface area contributed by atoms with Gasteiger partial charge in [-0.2, -0.15) is 0 Å². The van der Waals surface area contributed by atoms with Crippen molar-refractivity contribution >= 4 is 29.3 Å². The van der Waals surface area contributed by atoms with Gasteiger partial charge in [-0.1, -0.05) is 29.3 Å². The highest BCUT2D eigenvalue weighted by Gasteiger charge is 2.37. The van der Waals surface area contributed by atoms with E-state index in [0.717, 1.165) is 18.4 Å². The summed E-state index contributed by atoms with van der Waals surface area (Å²) >= 11 is 12.3. The predicted octanol–water partition coefficient (Wildman–Crippen LogP) is 5.42. The second kappa shape index (κ2) is 7.88. The molecule has 1 aliphatic rings. The Balaban J connectivity index is 2.20. The van der Waals surface area contributed by atoms with Crippen molar-refractivity contribution < 1.29 is 14.3 Å². The number of allylic oxidation sites excluding steroid dienone is 1. The number of rotatable bonds is 3. The SMILES string of the molecule is CO/C=C/C1(c2ccc(Cl)c(Cl)c2)CCN(C(=O)OC(C)(C)C)CC1. The van der Waals surface area contributed by atoms with E-state index in [1.807, 2.05) is 45.0 Å². The zero-order valence-electron chi connectivity index (χ0n) is 15.1. The number of methoxy groups -OCH3 is 1. The molecule has 1 heterocycles. The minimum absolute atomic E-state index is 0.247. The number of ether oxygens (including phenoxy) is 2. The summed E-state index contributed by atoms with van der Waals surface area (Å²) in [6, 6.07) is 5.69. The molecule has 0 radical (unpaired) electrons. The first-order valence-corrected chi connectivity index (χ1v) is 9.06. The minimum Gasteiger partial charge on any atom is -0.505 e. The molecule has 0 bridgehead atoms. The summed E-state index contributed by atoms with van der Waals surface area (Å²) in [5.41, 5.74) is 0.327. The van der Waals surface area contributed by atoms with Crippen LogP contribution in [-0.4, -0.2) is 36.8 Å². The number of carbonyl (C=O) groups excluding carboxylic acids is 1. The third kappa shape index (κ3) is 5.05. The average Bonchev–Trinajstić information content (AvgIpc) is 2.54. The first-order chi connectivity index (χ1) is 11.7. The number of amides is 1. The van der Waals surface area contributed by atoms with Crippen molar-refractivity contribution in [1.29, 1.82) is 0 Å². The fourth-order valence-corrected chi connectivity index (χ4v) is 3.27. The lowest BCUT2D eigenvalue weighted by molar-refractivity contribution is 0.0182. The largest absolute Gasteiger partial charge is 0.505 e. The van der Waals surface area contributed by atoms with Gasteiger partial charge in [0.15, 0.2) is 0 Å². The maximum atomic E-state index is 12.3. The molecular weight excluding hydrogens is 361 g/mol. The Labute approximate surface area is 159 Å². The topological polar surface area (TPSA) is 38.8 Å². The van der Waals surface area contributed by atoms with Crippen LogP contribution < -0.4 is 0 Å². The summed E-state index contributed by atoms with van der Waals surface area (Å²) in [4.78, 5) is 14.0. The molecule has 0 aliphatic carbocycles. The molecule has 1 aliphatic heterocycles. The van der Waals surface area contributed by atoms with Gasteiger partial charge in [-0.25, -0.2) is 4.79 Å². The Kier molecular flexibility index (Phi) is 6.28. The summed E-state index contributed by atoms with van der Waals surface area (Å²) in [5.74, 6) is 0. The fourth-order valence-electron chi connectivity index (χ4n) is 2.97. The lowest BCUT2D eigenvalue weighted by atomic mass is 9.73. The molecule has 4 nitrogen and oxygen atoms in total. The molecule has 1 aromatic carbocycles. The van der Waals surface area contributed by atoms with Gasteiger partial charge < -0.3 is 14.4 Å². The molecular formula is C19H25Cl2NO3. The van der Waals surface area contributed by atoms with Gasteiger partial charge in [0, 0.05) is 18.5 Å². The summed E-state index contributed by atoms with van der Waals surface area (Å²) in [5, 5.41) is 1.06. The van der Waals surface area contributed by atoms with Crippen LogP contribution >= 0.6 is 23.2 Å². The van der Waals surface area contributed by atoms with Gasteiger partial charge in [0.25, 0.3) is 0 Å². The second-order valence-electron chi connectivity index (χ2n) is 7.29. The Morgan fingerprint density at radius 3 is 2.36 bits per heavy atom. The van der Waals surface area contributed by atoms with Gasteiger partial charge in [0.1, 0.15) is 5.60 Å². The van der Waals surface area contributed by atoms with Crippen molar-refractivity contribution in [1.82, 2.24) is 4.90 Å². The summed E-state index contributed by atoms with van der Waals surface area (Å²) in [6.45, 7) is 6.81. The van der Waals surface area contributed by atoms with Crippen LogP contribution in [0.2, 0.25) is 10.0 Å². The van der Waals surface area contributed by atoms with Crippen LogP contribution in [0.25, 0.3) is 0 Å². The van der Waals surface area contributed by atoms with Crippen molar-refractivity contribution in [2.24, 2.45) is 0 Å². The zero-order chi connectivity index (χ0) is 18.7. The number of hydrogen-bond donors (Lipinski definition) is 0. The van der Waals surface area contributed by atoms with Crippen LogP contribution in [0.1, 0.15) is 39.2 Å². The van der Waals surface area contributed by atoms with Crippen LogP contribution in [0.3, 0.4) is 0 Å². The number of hydrogen-bond acceptors (Lipinski definition) is 3. The molecule has 0 unspecified atom stereocenters. The van der Waals surface area contributed by atoms with Crippen LogP contribution in [0.15, 0.2) is 30.5 Å². The van der Waals surface area contributed by atoms with E-state index in [2.05, 4.69) is 0 Å². The average molecular weight is 386 g/mol. The molecule has 0 atom stereocenters. The normalized spacial score (nSPS) is 17.6. The van der Waals surface area contributed by atoms with Gasteiger partial charge in [0.05, 0.1) is 23.4 Å². The van der Waals surface area contributed by atoms with Gasteiger partial charge in [-0.05, 0) is 57.4 Å². The van der Waals surface area contributed by atoms with E-state index >= 15 is 0 Å². The molecule has 1 fully saturated rings. The van der Waals surface area contributed by atoms with Crippen LogP contribution in [0.5, 0.6) is 0 Å². The van der Waals surface area contributed by atoms with E-state index in [0.29, 0.717) is 23.1 Å². The highest BCUT2D eigenvalue weighted by molar-refractivity contribution is 6.42. The van der Waals surface area contributed by atoms with Crippen molar-refractivity contribution in [3.8, 4) is 0 Å². The molecule has 0 N–H and O–H groups in total. The third-order valence-electron chi connectivity index (χ3n) is 4.33. The van der Waals surface area contributed by atoms with E-state index in [-0.39, 0.29) is 11.5 Å². The maximum absolute atomic E-state index is 12.3. The first-order valence-electron chi connectivity index (χ1n) is 8.31. The van der Waals surface area contributed by atoms with Crippen LogP contribution in [-0.2, 0) is 14.9 Å². The lowest BCUT2D eigenvalue weighted by Crippen LogP contribution is -2.46. The van der Waals surface area contributed by atoms with E-state index in [1.165, 1.54) is 0 Å². The minimum atomic E-state index is -0.495. The van der Waals surface area contributed by atoms with E-state index < -0.39 is 5.60 Å². The Hall–Kier alpha value is -1.39. The Morgan fingerprint density at radius 1 is 1.20 bits per heavy atom. The standard InChI is InChI=1S/C19H25Cl2NO3/c1-18(2,3)25-17(23)22-10-7-19(8-11-22,9-12-24-4)14-5-6-15(20)16(21)13-14/h5-6,9,12-13H,7-8,10-11H2,1-4H3/b12-9+. The first kappa shape index (κ1) is 19.9. The molecule has 0 saturated carbocycles. The fraction of sp³-hybridized carbons (Fsp3) is 0.526. The van der Waals surface area contributed by atoms with E-state index in [1.54, 1.807) is 18.3 Å². The third-order valence-corrected chi connectivity index (χ3v) is 5.06. The monoisotopic (exact) mass is 385 g/mol. The van der Waals surface area contributed by atoms with Crippen molar-refractivity contribution in [2.75, 3.05) is 20.2 Å². The van der Waals surface area contributed by atoms with Crippen LogP contribution in [0, 0.1) is 0 Å². The quantitative estimate of drug-likeness (QED) is 0.651. The molecule has 1 amide bonds. The van der Waals surface area contributed by atoms with Crippen molar-refractivity contribution in [3.05, 3.63) is 46.1 Å². The van der Waals surface area contributed by atoms with Gasteiger partial charge >= 0.3 is 6.09 Å². The Bertz CT molecular complexity index is 645. The smallest absolute Gasteiger partial charge is 0.410 e. The number of piperidine rings is 1. The van der Waals surface area contributed by atoms with Crippen LogP contribution in [0.4, 0.5) is 4.79 Å². The summed E-state index contributed by atoms with van der Waals surface area (Å²) in [7, 11) is 1.62. The molecule has 1 aromatic rings. The zero-order valence-corrected chi connectivity index (χ0v) is 16.7. The maximum Gasteiger partial charge on any atom is 0.410 e. The summed E-state index contributed by atoms with van der Waals surface area (Å²) in [6.07, 6.45) is 4.96. The van der Waals surface area contributed by atoms with Gasteiger partial charge in [-0.15, -0.1) is 0 Å².